The topological polar surface area (TPSA) is 67.4 Å². The second-order valence-electron chi connectivity index (χ2n) is 4.81. The van der Waals surface area contributed by atoms with Crippen molar-refractivity contribution in [2.24, 2.45) is 0 Å². The van der Waals surface area contributed by atoms with E-state index in [-0.39, 0.29) is 24.0 Å². The average Bonchev–Trinajstić information content (AvgIpc) is 2.06. The number of nitrogens with one attached hydrogen (secondary N) is 2. The van der Waals surface area contributed by atoms with Gasteiger partial charge in [-0.2, -0.15) is 0 Å². The van der Waals surface area contributed by atoms with E-state index in [0.29, 0.717) is 0 Å². The molecule has 0 radical (unpaired) electrons. The van der Waals surface area contributed by atoms with Crippen molar-refractivity contribution in [1.82, 2.24) is 10.6 Å². The van der Waals surface area contributed by atoms with Crippen LogP contribution >= 0.6 is 0 Å². The quantitative estimate of drug-likeness (QED) is 0.593. The molecule has 0 aliphatic carbocycles. The fourth-order valence-corrected chi connectivity index (χ4v) is 1.32. The van der Waals surface area contributed by atoms with Gasteiger partial charge in [0.15, 0.2) is 0 Å². The molecule has 0 aromatic rings. The third-order valence-electron chi connectivity index (χ3n) is 2.01. The molecule has 0 aromatic carbocycles. The van der Waals surface area contributed by atoms with Crippen molar-refractivity contribution in [3.8, 4) is 0 Å². The van der Waals surface area contributed by atoms with Gasteiger partial charge in [-0.05, 0) is 27.7 Å². The molecular formula is C10H18N2O3. The third-order valence-corrected chi connectivity index (χ3v) is 2.01. The molecule has 1 amide bonds. The van der Waals surface area contributed by atoms with Gasteiger partial charge in [-0.25, -0.2) is 0 Å². The summed E-state index contributed by atoms with van der Waals surface area (Å²) in [4.78, 5) is 22.7. The zero-order valence-corrected chi connectivity index (χ0v) is 9.59. The monoisotopic (exact) mass is 214 g/mol. The second kappa shape index (κ2) is 4.18. The van der Waals surface area contributed by atoms with Crippen molar-refractivity contribution in [1.29, 1.82) is 0 Å². The Balaban J connectivity index is 2.51. The van der Waals surface area contributed by atoms with Gasteiger partial charge in [0.1, 0.15) is 18.7 Å². The van der Waals surface area contributed by atoms with Gasteiger partial charge >= 0.3 is 5.97 Å². The van der Waals surface area contributed by atoms with Crippen LogP contribution in [0.15, 0.2) is 0 Å². The fourth-order valence-electron chi connectivity index (χ4n) is 1.32. The molecule has 1 fully saturated rings. The number of esters is 1. The summed E-state index contributed by atoms with van der Waals surface area (Å²) >= 11 is 0. The second-order valence-corrected chi connectivity index (χ2v) is 4.81. The minimum absolute atomic E-state index is 0.102. The summed E-state index contributed by atoms with van der Waals surface area (Å²) in [7, 11) is 0. The van der Waals surface area contributed by atoms with Crippen LogP contribution in [0.5, 0.6) is 0 Å². The predicted octanol–water partition coefficient (Wildman–Crippen LogP) is -0.195. The van der Waals surface area contributed by atoms with E-state index < -0.39 is 12.1 Å². The van der Waals surface area contributed by atoms with Gasteiger partial charge in [-0.1, -0.05) is 0 Å². The van der Waals surface area contributed by atoms with Gasteiger partial charge in [0.2, 0.25) is 5.91 Å². The van der Waals surface area contributed by atoms with Gasteiger partial charge in [0.25, 0.3) is 0 Å². The molecule has 1 aliphatic heterocycles. The lowest BCUT2D eigenvalue weighted by Crippen LogP contribution is -2.59. The minimum atomic E-state index is -0.447. The molecule has 5 heteroatoms. The van der Waals surface area contributed by atoms with Crippen LogP contribution in [0.1, 0.15) is 27.7 Å². The van der Waals surface area contributed by atoms with E-state index in [1.807, 2.05) is 20.8 Å². The first kappa shape index (κ1) is 12.0. The highest BCUT2D eigenvalue weighted by Gasteiger charge is 2.31. The smallest absolute Gasteiger partial charge is 0.322 e. The van der Waals surface area contributed by atoms with E-state index >= 15 is 0 Å². The van der Waals surface area contributed by atoms with Crippen LogP contribution in [0.3, 0.4) is 0 Å². The molecular weight excluding hydrogens is 196 g/mol. The Morgan fingerprint density at radius 3 is 2.60 bits per heavy atom. The molecule has 15 heavy (non-hydrogen) atoms. The summed E-state index contributed by atoms with van der Waals surface area (Å²) < 4.78 is 4.88. The highest BCUT2D eigenvalue weighted by molar-refractivity contribution is 5.85. The van der Waals surface area contributed by atoms with Gasteiger partial charge < -0.3 is 10.1 Å². The molecule has 1 rings (SSSR count). The Morgan fingerprint density at radius 2 is 2.13 bits per heavy atom. The highest BCUT2D eigenvalue weighted by atomic mass is 16.5. The number of ether oxygens (including phenoxy) is 1. The number of carbonyl (C=O) groups is 2. The molecule has 1 unspecified atom stereocenters. The molecule has 0 bridgehead atoms. The zero-order valence-electron chi connectivity index (χ0n) is 9.59. The van der Waals surface area contributed by atoms with E-state index in [4.69, 9.17) is 4.74 Å². The van der Waals surface area contributed by atoms with E-state index in [0.717, 1.165) is 0 Å². The normalized spacial score (nSPS) is 27.1. The van der Waals surface area contributed by atoms with E-state index in [9.17, 15) is 9.59 Å². The molecule has 2 N–H and O–H groups in total. The van der Waals surface area contributed by atoms with Crippen molar-refractivity contribution in [3.63, 3.8) is 0 Å². The Hall–Kier alpha value is -1.10. The first-order valence-corrected chi connectivity index (χ1v) is 5.04. The van der Waals surface area contributed by atoms with Crippen LogP contribution in [0.4, 0.5) is 0 Å². The maximum absolute atomic E-state index is 11.7. The van der Waals surface area contributed by atoms with Gasteiger partial charge in [-0.3, -0.25) is 14.9 Å². The van der Waals surface area contributed by atoms with Crippen LogP contribution in [0, 0.1) is 0 Å². The number of morpholine rings is 1. The summed E-state index contributed by atoms with van der Waals surface area (Å²) in [5.74, 6) is -0.448. The van der Waals surface area contributed by atoms with E-state index in [1.165, 1.54) is 0 Å². The fraction of sp³-hybridized carbons (Fsp3) is 0.800. The molecule has 0 saturated carbocycles. The molecule has 2 atom stereocenters. The first-order valence-electron chi connectivity index (χ1n) is 5.04. The van der Waals surface area contributed by atoms with E-state index in [1.54, 1.807) is 6.92 Å². The Kier molecular flexibility index (Phi) is 3.34. The molecule has 1 heterocycles. The lowest BCUT2D eigenvalue weighted by Gasteiger charge is -2.30. The Morgan fingerprint density at radius 1 is 1.53 bits per heavy atom. The number of amides is 1. The number of cyclic esters (lactones) is 1. The lowest BCUT2D eigenvalue weighted by molar-refractivity contribution is -0.153. The molecule has 5 nitrogen and oxygen atoms in total. The summed E-state index contributed by atoms with van der Waals surface area (Å²) in [5.41, 5.74) is -0.274. The summed E-state index contributed by atoms with van der Waals surface area (Å²) in [6.45, 7) is 7.50. The zero-order chi connectivity index (χ0) is 11.6. The van der Waals surface area contributed by atoms with Crippen molar-refractivity contribution in [3.05, 3.63) is 0 Å². The largest absolute Gasteiger partial charge is 0.462 e. The van der Waals surface area contributed by atoms with Crippen molar-refractivity contribution in [2.45, 2.75) is 45.3 Å². The third kappa shape index (κ3) is 3.51. The number of carbonyl (C=O) groups excluding carboxylic acids is 2. The highest BCUT2D eigenvalue weighted by Crippen LogP contribution is 2.04. The maximum atomic E-state index is 11.7. The summed E-state index contributed by atoms with van der Waals surface area (Å²) in [5, 5.41) is 5.73. The van der Waals surface area contributed by atoms with Gasteiger partial charge in [0, 0.05) is 5.54 Å². The predicted molar refractivity (Wildman–Crippen MR) is 55.2 cm³/mol. The van der Waals surface area contributed by atoms with E-state index in [2.05, 4.69) is 10.6 Å². The van der Waals surface area contributed by atoms with Crippen LogP contribution in [-0.4, -0.2) is 36.1 Å². The number of hydrogen-bond acceptors (Lipinski definition) is 4. The lowest BCUT2D eigenvalue weighted by atomic mass is 10.1. The van der Waals surface area contributed by atoms with Crippen molar-refractivity contribution in [2.75, 3.05) is 6.61 Å². The van der Waals surface area contributed by atoms with Gasteiger partial charge in [0.05, 0.1) is 0 Å². The molecule has 0 spiro atoms. The van der Waals surface area contributed by atoms with Crippen LogP contribution in [-0.2, 0) is 14.3 Å². The minimum Gasteiger partial charge on any atom is -0.462 e. The van der Waals surface area contributed by atoms with Gasteiger partial charge in [-0.15, -0.1) is 0 Å². The number of rotatable bonds is 1. The van der Waals surface area contributed by atoms with Crippen molar-refractivity contribution >= 4 is 11.9 Å². The van der Waals surface area contributed by atoms with Crippen LogP contribution < -0.4 is 10.6 Å². The van der Waals surface area contributed by atoms with Crippen LogP contribution in [0.2, 0.25) is 0 Å². The molecule has 1 aliphatic rings. The Labute approximate surface area is 89.6 Å². The maximum Gasteiger partial charge on any atom is 0.322 e. The standard InChI is InChI=1S/C10H18N2O3/c1-6-9(14)15-5-7(11-6)8(13)12-10(2,3)4/h6-7,11H,5H2,1-4H3,(H,12,13)/t6-,7?/m0/s1. The molecule has 0 aromatic heterocycles. The summed E-state index contributed by atoms with van der Waals surface area (Å²) in [6, 6.07) is -0.869. The Bertz CT molecular complexity index is 270. The van der Waals surface area contributed by atoms with Crippen molar-refractivity contribution < 1.29 is 14.3 Å². The SMILES string of the molecule is C[C@@H]1NC(C(=O)NC(C)(C)C)COC1=O. The average molecular weight is 214 g/mol. The first-order chi connectivity index (χ1) is 6.79. The van der Waals surface area contributed by atoms with Crippen LogP contribution in [0.25, 0.3) is 0 Å². The molecule has 1 saturated heterocycles. The molecule has 86 valence electrons. The number of hydrogen-bond donors (Lipinski definition) is 2. The summed E-state index contributed by atoms with van der Waals surface area (Å²) in [6.07, 6.45) is 0.